The highest BCUT2D eigenvalue weighted by Crippen LogP contribution is 2.18. The van der Waals surface area contributed by atoms with Crippen molar-refractivity contribution in [2.24, 2.45) is 0 Å². The van der Waals surface area contributed by atoms with Gasteiger partial charge in [-0.25, -0.2) is 4.72 Å². The van der Waals surface area contributed by atoms with Gasteiger partial charge in [0.2, 0.25) is 0 Å². The standard InChI is InChI=1S/C14H27N3O3S/c1-5-9-17(10-6-2)21(18,19)15-12-13(16(3)4)14-8-7-11-20-14/h7-8,11,13,15H,5-6,9-10,12H2,1-4H3/t13-/m1/s1. The molecule has 0 unspecified atom stereocenters. The Bertz CT molecular complexity index is 480. The van der Waals surface area contributed by atoms with Gasteiger partial charge in [-0.05, 0) is 39.1 Å². The van der Waals surface area contributed by atoms with Crippen LogP contribution in [-0.4, -0.2) is 51.4 Å². The average Bonchev–Trinajstić information content (AvgIpc) is 2.92. The molecule has 0 bridgehead atoms. The summed E-state index contributed by atoms with van der Waals surface area (Å²) >= 11 is 0. The van der Waals surface area contributed by atoms with Crippen molar-refractivity contribution < 1.29 is 12.8 Å². The lowest BCUT2D eigenvalue weighted by Gasteiger charge is -2.26. The third-order valence-electron chi connectivity index (χ3n) is 3.24. The normalized spacial score (nSPS) is 14.0. The number of nitrogens with one attached hydrogen (secondary N) is 1. The first-order chi connectivity index (χ1) is 9.92. The largest absolute Gasteiger partial charge is 0.468 e. The van der Waals surface area contributed by atoms with Crippen LogP contribution >= 0.6 is 0 Å². The Morgan fingerprint density at radius 3 is 2.29 bits per heavy atom. The Kier molecular flexibility index (Phi) is 7.37. The molecule has 0 aliphatic carbocycles. The van der Waals surface area contributed by atoms with Gasteiger partial charge in [0.1, 0.15) is 5.76 Å². The minimum atomic E-state index is -3.45. The predicted octanol–water partition coefficient (Wildman–Crippen LogP) is 1.84. The van der Waals surface area contributed by atoms with Gasteiger partial charge in [0.15, 0.2) is 0 Å². The molecule has 1 N–H and O–H groups in total. The average molecular weight is 317 g/mol. The Balaban J connectivity index is 2.73. The Morgan fingerprint density at radius 1 is 1.24 bits per heavy atom. The third-order valence-corrected chi connectivity index (χ3v) is 4.82. The van der Waals surface area contributed by atoms with Crippen LogP contribution in [0.2, 0.25) is 0 Å². The lowest BCUT2D eigenvalue weighted by Crippen LogP contribution is -2.44. The lowest BCUT2D eigenvalue weighted by molar-refractivity contribution is 0.257. The summed E-state index contributed by atoms with van der Waals surface area (Å²) in [6, 6.07) is 3.54. The van der Waals surface area contributed by atoms with Crippen LogP contribution in [0.1, 0.15) is 38.5 Å². The number of hydrogen-bond donors (Lipinski definition) is 1. The molecule has 0 aliphatic heterocycles. The second-order valence-corrected chi connectivity index (χ2v) is 7.00. The number of furan rings is 1. The molecule has 7 heteroatoms. The fourth-order valence-corrected chi connectivity index (χ4v) is 3.54. The van der Waals surface area contributed by atoms with Gasteiger partial charge in [-0.15, -0.1) is 0 Å². The molecule has 6 nitrogen and oxygen atoms in total. The van der Waals surface area contributed by atoms with Crippen molar-refractivity contribution in [2.45, 2.75) is 32.7 Å². The summed E-state index contributed by atoms with van der Waals surface area (Å²) in [6.07, 6.45) is 3.20. The van der Waals surface area contributed by atoms with Crippen LogP contribution in [0, 0.1) is 0 Å². The van der Waals surface area contributed by atoms with Crippen molar-refractivity contribution in [2.75, 3.05) is 33.7 Å². The summed E-state index contributed by atoms with van der Waals surface area (Å²) in [4.78, 5) is 1.94. The Hall–Kier alpha value is -0.890. The zero-order valence-corrected chi connectivity index (χ0v) is 14.2. The van der Waals surface area contributed by atoms with Crippen LogP contribution in [0.25, 0.3) is 0 Å². The number of hydrogen-bond acceptors (Lipinski definition) is 4. The molecule has 1 aromatic rings. The molecular formula is C14H27N3O3S. The molecule has 1 rings (SSSR count). The molecule has 0 fully saturated rings. The van der Waals surface area contributed by atoms with Crippen molar-refractivity contribution in [1.82, 2.24) is 13.9 Å². The monoisotopic (exact) mass is 317 g/mol. The molecule has 0 saturated carbocycles. The first-order valence-electron chi connectivity index (χ1n) is 7.36. The topological polar surface area (TPSA) is 65.8 Å². The molecule has 1 atom stereocenters. The van der Waals surface area contributed by atoms with Gasteiger partial charge in [-0.1, -0.05) is 13.8 Å². The summed E-state index contributed by atoms with van der Waals surface area (Å²) in [5, 5.41) is 0. The van der Waals surface area contributed by atoms with Crippen molar-refractivity contribution in [3.05, 3.63) is 24.2 Å². The highest BCUT2D eigenvalue weighted by Gasteiger charge is 2.24. The molecule has 0 aromatic carbocycles. The zero-order valence-electron chi connectivity index (χ0n) is 13.4. The quantitative estimate of drug-likeness (QED) is 0.715. The molecule has 0 spiro atoms. The summed E-state index contributed by atoms with van der Waals surface area (Å²) in [7, 11) is 0.349. The van der Waals surface area contributed by atoms with Crippen LogP contribution in [0.5, 0.6) is 0 Å². The number of likely N-dealkylation sites (N-methyl/N-ethyl adjacent to an activating group) is 1. The first kappa shape index (κ1) is 18.2. The molecule has 0 saturated heterocycles. The molecular weight excluding hydrogens is 290 g/mol. The van der Waals surface area contributed by atoms with Crippen molar-refractivity contribution in [1.29, 1.82) is 0 Å². The van der Waals surface area contributed by atoms with Crippen LogP contribution < -0.4 is 4.72 Å². The van der Waals surface area contributed by atoms with Gasteiger partial charge in [0.05, 0.1) is 12.3 Å². The Morgan fingerprint density at radius 2 is 1.86 bits per heavy atom. The van der Waals surface area contributed by atoms with E-state index in [9.17, 15) is 8.42 Å². The van der Waals surface area contributed by atoms with Gasteiger partial charge in [-0.2, -0.15) is 12.7 Å². The van der Waals surface area contributed by atoms with E-state index < -0.39 is 10.2 Å². The van der Waals surface area contributed by atoms with E-state index in [2.05, 4.69) is 4.72 Å². The van der Waals surface area contributed by atoms with E-state index in [4.69, 9.17) is 4.42 Å². The number of rotatable bonds is 10. The second-order valence-electron chi connectivity index (χ2n) is 5.25. The smallest absolute Gasteiger partial charge is 0.279 e. The van der Waals surface area contributed by atoms with E-state index >= 15 is 0 Å². The molecule has 0 radical (unpaired) electrons. The summed E-state index contributed by atoms with van der Waals surface area (Å²) in [6.45, 7) is 5.31. The Labute approximate surface area is 128 Å². The van der Waals surface area contributed by atoms with Gasteiger partial charge in [0.25, 0.3) is 10.2 Å². The summed E-state index contributed by atoms with van der Waals surface area (Å²) in [5.41, 5.74) is 0. The molecule has 1 aromatic heterocycles. The minimum Gasteiger partial charge on any atom is -0.468 e. The van der Waals surface area contributed by atoms with Crippen LogP contribution in [-0.2, 0) is 10.2 Å². The van der Waals surface area contributed by atoms with Gasteiger partial charge >= 0.3 is 0 Å². The van der Waals surface area contributed by atoms with Gasteiger partial charge in [-0.3, -0.25) is 4.90 Å². The van der Waals surface area contributed by atoms with E-state index in [0.717, 1.165) is 18.6 Å². The maximum atomic E-state index is 12.4. The maximum Gasteiger partial charge on any atom is 0.279 e. The highest BCUT2D eigenvalue weighted by atomic mass is 32.2. The molecule has 21 heavy (non-hydrogen) atoms. The number of nitrogens with zero attached hydrogens (tertiary/aromatic N) is 2. The van der Waals surface area contributed by atoms with E-state index in [1.807, 2.05) is 38.9 Å². The van der Waals surface area contributed by atoms with E-state index in [-0.39, 0.29) is 12.6 Å². The van der Waals surface area contributed by atoms with E-state index in [1.54, 1.807) is 12.3 Å². The predicted molar refractivity (Wildman–Crippen MR) is 84.2 cm³/mol. The minimum absolute atomic E-state index is 0.125. The fourth-order valence-electron chi connectivity index (χ4n) is 2.15. The zero-order chi connectivity index (χ0) is 15.9. The third kappa shape index (κ3) is 5.43. The first-order valence-corrected chi connectivity index (χ1v) is 8.81. The second kappa shape index (κ2) is 8.53. The van der Waals surface area contributed by atoms with Crippen LogP contribution in [0.4, 0.5) is 0 Å². The van der Waals surface area contributed by atoms with Crippen molar-refractivity contribution in [3.8, 4) is 0 Å². The van der Waals surface area contributed by atoms with E-state index in [0.29, 0.717) is 13.1 Å². The van der Waals surface area contributed by atoms with Crippen LogP contribution in [0.3, 0.4) is 0 Å². The maximum absolute atomic E-state index is 12.4. The molecule has 1 heterocycles. The summed E-state index contributed by atoms with van der Waals surface area (Å²) in [5.74, 6) is 0.750. The van der Waals surface area contributed by atoms with Gasteiger partial charge in [0, 0.05) is 19.6 Å². The fraction of sp³-hybridized carbons (Fsp3) is 0.714. The summed E-state index contributed by atoms with van der Waals surface area (Å²) < 4.78 is 34.3. The molecule has 122 valence electrons. The molecule has 0 amide bonds. The lowest BCUT2D eigenvalue weighted by atomic mass is 10.2. The van der Waals surface area contributed by atoms with Crippen molar-refractivity contribution in [3.63, 3.8) is 0 Å². The van der Waals surface area contributed by atoms with Gasteiger partial charge < -0.3 is 4.42 Å². The van der Waals surface area contributed by atoms with Crippen molar-refractivity contribution >= 4 is 10.2 Å². The highest BCUT2D eigenvalue weighted by molar-refractivity contribution is 7.87. The molecule has 0 aliphatic rings. The SMILES string of the molecule is CCCN(CCC)S(=O)(=O)NC[C@H](c1ccco1)N(C)C. The van der Waals surface area contributed by atoms with E-state index in [1.165, 1.54) is 4.31 Å². The van der Waals surface area contributed by atoms with Crippen LogP contribution in [0.15, 0.2) is 22.8 Å².